The van der Waals surface area contributed by atoms with Crippen LogP contribution in [0, 0.1) is 5.92 Å². The minimum atomic E-state index is 0.252. The van der Waals surface area contributed by atoms with Crippen LogP contribution in [-0.4, -0.2) is 30.6 Å². The van der Waals surface area contributed by atoms with Crippen LogP contribution in [0.2, 0.25) is 0 Å². The van der Waals surface area contributed by atoms with Crippen LogP contribution in [-0.2, 0) is 25.9 Å². The molecule has 1 atom stereocenters. The lowest BCUT2D eigenvalue weighted by Crippen LogP contribution is -2.40. The Morgan fingerprint density at radius 3 is 2.39 bits per heavy atom. The number of fused-ring (bicyclic) bond motifs is 1. The maximum absolute atomic E-state index is 6.27. The van der Waals surface area contributed by atoms with Crippen molar-refractivity contribution in [3.8, 4) is 11.5 Å². The second kappa shape index (κ2) is 10.4. The Labute approximate surface area is 198 Å². The molecule has 0 bridgehead atoms. The lowest BCUT2D eigenvalue weighted by molar-refractivity contribution is 0.117. The van der Waals surface area contributed by atoms with Gasteiger partial charge in [0.1, 0.15) is 24.2 Å². The third kappa shape index (κ3) is 5.78. The molecule has 1 unspecified atom stereocenters. The zero-order chi connectivity index (χ0) is 22.5. The Morgan fingerprint density at radius 1 is 0.879 bits per heavy atom. The van der Waals surface area contributed by atoms with Gasteiger partial charge in [-0.05, 0) is 79.6 Å². The van der Waals surface area contributed by atoms with Crippen molar-refractivity contribution in [1.82, 2.24) is 4.90 Å². The summed E-state index contributed by atoms with van der Waals surface area (Å²) >= 11 is 0. The minimum Gasteiger partial charge on any atom is -0.489 e. The number of nitrogens with zero attached hydrogens (tertiary/aromatic N) is 1. The van der Waals surface area contributed by atoms with E-state index in [0.717, 1.165) is 36.8 Å². The first kappa shape index (κ1) is 22.0. The Kier molecular flexibility index (Phi) is 6.97. The second-order valence-electron chi connectivity index (χ2n) is 9.61. The highest BCUT2D eigenvalue weighted by Crippen LogP contribution is 2.33. The molecular weight excluding hydrogens is 406 g/mol. The van der Waals surface area contributed by atoms with Crippen LogP contribution >= 0.6 is 0 Å². The summed E-state index contributed by atoms with van der Waals surface area (Å²) in [6.45, 7) is 6.20. The van der Waals surface area contributed by atoms with Crippen molar-refractivity contribution >= 4 is 0 Å². The van der Waals surface area contributed by atoms with Crippen LogP contribution in [0.1, 0.15) is 42.0 Å². The lowest BCUT2D eigenvalue weighted by Gasteiger charge is -2.33. The van der Waals surface area contributed by atoms with Crippen LogP contribution in [0.15, 0.2) is 72.8 Å². The first-order chi connectivity index (χ1) is 16.2. The van der Waals surface area contributed by atoms with Crippen LogP contribution in [0.4, 0.5) is 0 Å². The van der Waals surface area contributed by atoms with Gasteiger partial charge < -0.3 is 9.47 Å². The van der Waals surface area contributed by atoms with Crippen molar-refractivity contribution < 1.29 is 9.47 Å². The zero-order valence-corrected chi connectivity index (χ0v) is 19.7. The molecule has 0 spiro atoms. The fraction of sp³-hybridized carbons (Fsp3) is 0.400. The number of rotatable bonds is 8. The molecule has 0 N–H and O–H groups in total. The van der Waals surface area contributed by atoms with Crippen LogP contribution in [0.5, 0.6) is 11.5 Å². The Hall–Kier alpha value is -2.78. The summed E-state index contributed by atoms with van der Waals surface area (Å²) in [7, 11) is 0. The number of hydrogen-bond donors (Lipinski definition) is 0. The van der Waals surface area contributed by atoms with Crippen LogP contribution < -0.4 is 9.47 Å². The molecule has 2 aliphatic rings. The van der Waals surface area contributed by atoms with Crippen molar-refractivity contribution in [3.63, 3.8) is 0 Å². The predicted molar refractivity (Wildman–Crippen MR) is 134 cm³/mol. The van der Waals surface area contributed by atoms with Gasteiger partial charge in [0.25, 0.3) is 0 Å². The van der Waals surface area contributed by atoms with Gasteiger partial charge in [-0.3, -0.25) is 4.90 Å². The maximum Gasteiger partial charge on any atom is 0.123 e. The lowest BCUT2D eigenvalue weighted by atomic mass is 9.89. The molecule has 0 saturated carbocycles. The fourth-order valence-corrected chi connectivity index (χ4v) is 5.13. The van der Waals surface area contributed by atoms with Gasteiger partial charge in [-0.25, -0.2) is 0 Å². The molecule has 172 valence electrons. The fourth-order valence-electron chi connectivity index (χ4n) is 5.13. The smallest absolute Gasteiger partial charge is 0.123 e. The van der Waals surface area contributed by atoms with Gasteiger partial charge in [-0.1, -0.05) is 61.5 Å². The number of piperidine rings is 1. The van der Waals surface area contributed by atoms with Gasteiger partial charge >= 0.3 is 0 Å². The summed E-state index contributed by atoms with van der Waals surface area (Å²) < 4.78 is 12.3. The predicted octanol–water partition coefficient (Wildman–Crippen LogP) is 6.09. The summed E-state index contributed by atoms with van der Waals surface area (Å²) in [6.07, 6.45) is 6.13. The highest BCUT2D eigenvalue weighted by molar-refractivity contribution is 5.43. The van der Waals surface area contributed by atoms with Crippen molar-refractivity contribution in [3.05, 3.63) is 95.1 Å². The molecule has 33 heavy (non-hydrogen) atoms. The van der Waals surface area contributed by atoms with Crippen molar-refractivity contribution in [1.29, 1.82) is 0 Å². The first-order valence-corrected chi connectivity index (χ1v) is 12.5. The third-order valence-corrected chi connectivity index (χ3v) is 7.15. The van der Waals surface area contributed by atoms with Gasteiger partial charge in [-0.2, -0.15) is 0 Å². The number of aryl methyl sites for hydroxylation is 1. The molecule has 2 aliphatic heterocycles. The quantitative estimate of drug-likeness (QED) is 0.422. The number of benzene rings is 3. The Morgan fingerprint density at radius 2 is 1.64 bits per heavy atom. The van der Waals surface area contributed by atoms with E-state index in [1.54, 1.807) is 0 Å². The van der Waals surface area contributed by atoms with Gasteiger partial charge in [-0.15, -0.1) is 0 Å². The van der Waals surface area contributed by atoms with Crippen LogP contribution in [0.3, 0.4) is 0 Å². The number of ether oxygens (including phenoxy) is 2. The number of likely N-dealkylation sites (tertiary alicyclic amines) is 1. The molecule has 5 rings (SSSR count). The summed E-state index contributed by atoms with van der Waals surface area (Å²) in [4.78, 5) is 2.60. The summed E-state index contributed by atoms with van der Waals surface area (Å²) in [5.41, 5.74) is 5.39. The second-order valence-corrected chi connectivity index (χ2v) is 9.61. The summed E-state index contributed by atoms with van der Waals surface area (Å²) in [6, 6.07) is 25.8. The average molecular weight is 442 g/mol. The molecule has 3 aromatic rings. The van der Waals surface area contributed by atoms with E-state index < -0.39 is 0 Å². The number of hydrogen-bond acceptors (Lipinski definition) is 3. The first-order valence-electron chi connectivity index (χ1n) is 12.5. The topological polar surface area (TPSA) is 21.7 Å². The van der Waals surface area contributed by atoms with Gasteiger partial charge in [0.15, 0.2) is 0 Å². The highest BCUT2D eigenvalue weighted by atomic mass is 16.5. The Balaban J connectivity index is 1.07. The van der Waals surface area contributed by atoms with E-state index in [-0.39, 0.29) is 6.10 Å². The normalized spacial score (nSPS) is 18.6. The molecule has 3 aromatic carbocycles. The molecule has 2 heterocycles. The van der Waals surface area contributed by atoms with Gasteiger partial charge in [0, 0.05) is 18.5 Å². The standard InChI is InChI=1S/C30H35NO2/c1-2-23-8-10-24(11-9-23)18-25-14-16-31(17-15-25)21-29-20-27-19-28(12-13-30(27)33-29)32-22-26-6-4-3-5-7-26/h3-13,19,25,29H,2,14-18,20-22H2,1H3. The van der Waals surface area contributed by atoms with E-state index in [2.05, 4.69) is 60.4 Å². The van der Waals surface area contributed by atoms with Crippen molar-refractivity contribution in [2.24, 2.45) is 5.92 Å². The van der Waals surface area contributed by atoms with Gasteiger partial charge in [0.05, 0.1) is 0 Å². The van der Waals surface area contributed by atoms with E-state index in [1.165, 1.54) is 54.6 Å². The van der Waals surface area contributed by atoms with E-state index >= 15 is 0 Å². The summed E-state index contributed by atoms with van der Waals surface area (Å²) in [5.74, 6) is 2.76. The summed E-state index contributed by atoms with van der Waals surface area (Å²) in [5, 5.41) is 0. The largest absolute Gasteiger partial charge is 0.489 e. The minimum absolute atomic E-state index is 0.252. The van der Waals surface area contributed by atoms with E-state index in [4.69, 9.17) is 9.47 Å². The molecule has 1 saturated heterocycles. The molecule has 0 aliphatic carbocycles. The average Bonchev–Trinajstić information content (AvgIpc) is 3.26. The molecule has 3 heteroatoms. The molecular formula is C30H35NO2. The van der Waals surface area contributed by atoms with E-state index in [1.807, 2.05) is 24.3 Å². The van der Waals surface area contributed by atoms with E-state index in [9.17, 15) is 0 Å². The molecule has 0 amide bonds. The third-order valence-electron chi connectivity index (χ3n) is 7.15. The van der Waals surface area contributed by atoms with E-state index in [0.29, 0.717) is 6.61 Å². The Bertz CT molecular complexity index is 1020. The van der Waals surface area contributed by atoms with Crippen molar-refractivity contribution in [2.75, 3.05) is 19.6 Å². The molecule has 0 radical (unpaired) electrons. The monoisotopic (exact) mass is 441 g/mol. The molecule has 0 aromatic heterocycles. The molecule has 3 nitrogen and oxygen atoms in total. The highest BCUT2D eigenvalue weighted by Gasteiger charge is 2.27. The maximum atomic E-state index is 6.27. The zero-order valence-electron chi connectivity index (χ0n) is 19.7. The van der Waals surface area contributed by atoms with Gasteiger partial charge in [0.2, 0.25) is 0 Å². The molecule has 1 fully saturated rings. The van der Waals surface area contributed by atoms with Crippen molar-refractivity contribution in [2.45, 2.75) is 51.7 Å². The SMILES string of the molecule is CCc1ccc(CC2CCN(CC3Cc4cc(OCc5ccccc5)ccc4O3)CC2)cc1. The van der Waals surface area contributed by atoms with Crippen LogP contribution in [0.25, 0.3) is 0 Å².